The summed E-state index contributed by atoms with van der Waals surface area (Å²) in [6, 6.07) is 15.3. The van der Waals surface area contributed by atoms with Crippen LogP contribution in [0.1, 0.15) is 36.0 Å². The molecule has 0 spiro atoms. The van der Waals surface area contributed by atoms with Gasteiger partial charge in [0.1, 0.15) is 0 Å². The molecular formula is C22H27N3O3S. The van der Waals surface area contributed by atoms with Gasteiger partial charge in [0.25, 0.3) is 15.9 Å². The molecular weight excluding hydrogens is 386 g/mol. The maximum atomic E-state index is 13.0. The predicted octanol–water partition coefficient (Wildman–Crippen LogP) is 3.19. The molecule has 2 aromatic rings. The van der Waals surface area contributed by atoms with E-state index in [2.05, 4.69) is 9.62 Å². The summed E-state index contributed by atoms with van der Waals surface area (Å²) < 4.78 is 27.7. The van der Waals surface area contributed by atoms with Crippen molar-refractivity contribution in [1.82, 2.24) is 9.80 Å². The highest BCUT2D eigenvalue weighted by atomic mass is 32.2. The highest BCUT2D eigenvalue weighted by molar-refractivity contribution is 7.92. The van der Waals surface area contributed by atoms with Crippen molar-refractivity contribution in [1.29, 1.82) is 0 Å². The number of benzene rings is 2. The number of carbonyl (C=O) groups is 1. The molecule has 1 amide bonds. The van der Waals surface area contributed by atoms with E-state index in [1.165, 1.54) is 25.0 Å². The minimum absolute atomic E-state index is 0.00772. The monoisotopic (exact) mass is 413 g/mol. The minimum Gasteiger partial charge on any atom is -0.334 e. The van der Waals surface area contributed by atoms with Crippen LogP contribution in [0, 0.1) is 0 Å². The fraction of sp³-hybridized carbons (Fsp3) is 0.409. The zero-order valence-corrected chi connectivity index (χ0v) is 17.3. The largest absolute Gasteiger partial charge is 0.334 e. The van der Waals surface area contributed by atoms with Crippen LogP contribution in [0.15, 0.2) is 59.5 Å². The van der Waals surface area contributed by atoms with Gasteiger partial charge in [-0.05, 0) is 75.2 Å². The van der Waals surface area contributed by atoms with Gasteiger partial charge in [0.05, 0.1) is 4.90 Å². The zero-order chi connectivity index (χ0) is 20.3. The van der Waals surface area contributed by atoms with Crippen LogP contribution in [-0.4, -0.2) is 56.3 Å². The summed E-state index contributed by atoms with van der Waals surface area (Å²) in [4.78, 5) is 17.6. The predicted molar refractivity (Wildman–Crippen MR) is 113 cm³/mol. The minimum atomic E-state index is -3.68. The Hall–Kier alpha value is -2.38. The molecule has 2 aliphatic rings. The molecule has 2 saturated heterocycles. The first-order chi connectivity index (χ1) is 14.0. The van der Waals surface area contributed by atoms with Gasteiger partial charge in [-0.3, -0.25) is 9.52 Å². The standard InChI is InChI=1S/C22H27N3O3S/c26-22(25-16-6-9-20(25)17-24-14-4-5-15-24)18-10-12-21(13-11-18)29(27,28)23-19-7-2-1-3-8-19/h1-3,7-8,10-13,20,23H,4-6,9,14-17H2. The van der Waals surface area contributed by atoms with Crippen LogP contribution < -0.4 is 4.72 Å². The molecule has 7 heteroatoms. The molecule has 1 atom stereocenters. The third-order valence-electron chi connectivity index (χ3n) is 5.74. The van der Waals surface area contributed by atoms with Crippen molar-refractivity contribution in [3.63, 3.8) is 0 Å². The summed E-state index contributed by atoms with van der Waals surface area (Å²) in [5.41, 5.74) is 1.05. The quantitative estimate of drug-likeness (QED) is 0.790. The van der Waals surface area contributed by atoms with Gasteiger partial charge in [-0.1, -0.05) is 18.2 Å². The van der Waals surface area contributed by atoms with Crippen molar-refractivity contribution in [3.8, 4) is 0 Å². The van der Waals surface area contributed by atoms with Crippen LogP contribution in [0.4, 0.5) is 5.69 Å². The van der Waals surface area contributed by atoms with Crippen LogP contribution >= 0.6 is 0 Å². The van der Waals surface area contributed by atoms with E-state index >= 15 is 0 Å². The first kappa shape index (κ1) is 19.9. The normalized spacial score (nSPS) is 20.1. The van der Waals surface area contributed by atoms with Gasteiger partial charge < -0.3 is 9.80 Å². The molecule has 0 aliphatic carbocycles. The molecule has 2 heterocycles. The summed E-state index contributed by atoms with van der Waals surface area (Å²) in [5.74, 6) is -0.00772. The van der Waals surface area contributed by atoms with E-state index in [1.807, 2.05) is 11.0 Å². The molecule has 2 fully saturated rings. The Kier molecular flexibility index (Phi) is 5.87. The average molecular weight is 414 g/mol. The maximum absolute atomic E-state index is 13.0. The lowest BCUT2D eigenvalue weighted by Crippen LogP contribution is -2.42. The Labute approximate surface area is 172 Å². The Morgan fingerprint density at radius 1 is 0.931 bits per heavy atom. The zero-order valence-electron chi connectivity index (χ0n) is 16.5. The van der Waals surface area contributed by atoms with Gasteiger partial charge in [0.15, 0.2) is 0 Å². The molecule has 29 heavy (non-hydrogen) atoms. The number of hydrogen-bond donors (Lipinski definition) is 1. The highest BCUT2D eigenvalue weighted by Crippen LogP contribution is 2.23. The third kappa shape index (κ3) is 4.62. The number of hydrogen-bond acceptors (Lipinski definition) is 4. The van der Waals surface area contributed by atoms with Crippen molar-refractivity contribution in [2.24, 2.45) is 0 Å². The summed E-state index contributed by atoms with van der Waals surface area (Å²) in [5, 5.41) is 0. The number of nitrogens with zero attached hydrogens (tertiary/aromatic N) is 2. The van der Waals surface area contributed by atoms with E-state index in [1.54, 1.807) is 36.4 Å². The van der Waals surface area contributed by atoms with Crippen molar-refractivity contribution in [3.05, 3.63) is 60.2 Å². The number of para-hydroxylation sites is 1. The van der Waals surface area contributed by atoms with Gasteiger partial charge in [-0.2, -0.15) is 0 Å². The molecule has 0 aromatic heterocycles. The van der Waals surface area contributed by atoms with E-state index in [0.29, 0.717) is 11.3 Å². The van der Waals surface area contributed by atoms with Crippen LogP contribution in [0.25, 0.3) is 0 Å². The second-order valence-corrected chi connectivity index (χ2v) is 9.48. The molecule has 2 aliphatic heterocycles. The lowest BCUT2D eigenvalue weighted by atomic mass is 10.1. The van der Waals surface area contributed by atoms with E-state index < -0.39 is 10.0 Å². The molecule has 6 nitrogen and oxygen atoms in total. The lowest BCUT2D eigenvalue weighted by molar-refractivity contribution is 0.0708. The van der Waals surface area contributed by atoms with E-state index in [-0.39, 0.29) is 16.8 Å². The number of rotatable bonds is 6. The molecule has 154 valence electrons. The van der Waals surface area contributed by atoms with E-state index in [9.17, 15) is 13.2 Å². The first-order valence-electron chi connectivity index (χ1n) is 10.2. The van der Waals surface area contributed by atoms with Crippen LogP contribution in [-0.2, 0) is 10.0 Å². The lowest BCUT2D eigenvalue weighted by Gasteiger charge is -2.28. The summed E-state index contributed by atoms with van der Waals surface area (Å²) in [7, 11) is -3.68. The van der Waals surface area contributed by atoms with Gasteiger partial charge in [-0.25, -0.2) is 8.42 Å². The highest BCUT2D eigenvalue weighted by Gasteiger charge is 2.31. The van der Waals surface area contributed by atoms with E-state index in [0.717, 1.165) is 39.0 Å². The Morgan fingerprint density at radius 2 is 1.62 bits per heavy atom. The number of anilines is 1. The van der Waals surface area contributed by atoms with Crippen molar-refractivity contribution in [2.75, 3.05) is 30.9 Å². The Bertz CT molecular complexity index is 939. The average Bonchev–Trinajstić information content (AvgIpc) is 3.40. The van der Waals surface area contributed by atoms with Crippen molar-refractivity contribution >= 4 is 21.6 Å². The number of carbonyl (C=O) groups excluding carboxylic acids is 1. The maximum Gasteiger partial charge on any atom is 0.261 e. The second kappa shape index (κ2) is 8.55. The smallest absolute Gasteiger partial charge is 0.261 e. The SMILES string of the molecule is O=C(c1ccc(S(=O)(=O)Nc2ccccc2)cc1)N1CCCC1CN1CCCC1. The molecule has 4 rings (SSSR count). The second-order valence-electron chi connectivity index (χ2n) is 7.80. The molecule has 0 radical (unpaired) electrons. The van der Waals surface area contributed by atoms with Crippen LogP contribution in [0.3, 0.4) is 0 Å². The third-order valence-corrected chi connectivity index (χ3v) is 7.14. The molecule has 1 N–H and O–H groups in total. The fourth-order valence-corrected chi connectivity index (χ4v) is 5.28. The number of sulfonamides is 1. The van der Waals surface area contributed by atoms with Crippen molar-refractivity contribution in [2.45, 2.75) is 36.6 Å². The molecule has 1 unspecified atom stereocenters. The number of amides is 1. The number of likely N-dealkylation sites (tertiary alicyclic amines) is 2. The van der Waals surface area contributed by atoms with Crippen LogP contribution in [0.5, 0.6) is 0 Å². The fourth-order valence-electron chi connectivity index (χ4n) is 4.22. The van der Waals surface area contributed by atoms with Gasteiger partial charge >= 0.3 is 0 Å². The van der Waals surface area contributed by atoms with Crippen molar-refractivity contribution < 1.29 is 13.2 Å². The van der Waals surface area contributed by atoms with Gasteiger partial charge in [0.2, 0.25) is 0 Å². The van der Waals surface area contributed by atoms with Crippen LogP contribution in [0.2, 0.25) is 0 Å². The summed E-state index contributed by atoms with van der Waals surface area (Å²) >= 11 is 0. The Morgan fingerprint density at radius 3 is 2.31 bits per heavy atom. The summed E-state index contributed by atoms with van der Waals surface area (Å²) in [6.07, 6.45) is 4.55. The topological polar surface area (TPSA) is 69.7 Å². The summed E-state index contributed by atoms with van der Waals surface area (Å²) in [6.45, 7) is 3.96. The Balaban J connectivity index is 1.44. The van der Waals surface area contributed by atoms with Gasteiger partial charge in [0, 0.05) is 30.4 Å². The molecule has 0 saturated carbocycles. The number of nitrogens with one attached hydrogen (secondary N) is 1. The first-order valence-corrected chi connectivity index (χ1v) is 11.7. The molecule has 2 aromatic carbocycles. The van der Waals surface area contributed by atoms with Gasteiger partial charge in [-0.15, -0.1) is 0 Å². The van der Waals surface area contributed by atoms with E-state index in [4.69, 9.17) is 0 Å². The molecule has 0 bridgehead atoms.